The lowest BCUT2D eigenvalue weighted by atomic mass is 10.1. The van der Waals surface area contributed by atoms with E-state index in [1.165, 1.54) is 0 Å². The van der Waals surface area contributed by atoms with Crippen LogP contribution in [0.3, 0.4) is 0 Å². The fraction of sp³-hybridized carbons (Fsp3) is 0.357. The Kier molecular flexibility index (Phi) is 5.07. The number of nitrogens with zero attached hydrogens (tertiary/aromatic N) is 1. The first-order valence-electron chi connectivity index (χ1n) is 5.50. The minimum absolute atomic E-state index is 0.115. The van der Waals surface area contributed by atoms with E-state index in [1.54, 1.807) is 0 Å². The molecule has 0 aliphatic rings. The van der Waals surface area contributed by atoms with E-state index in [0.717, 1.165) is 11.3 Å². The summed E-state index contributed by atoms with van der Waals surface area (Å²) >= 11 is 0. The maximum absolute atomic E-state index is 9.06. The summed E-state index contributed by atoms with van der Waals surface area (Å²) in [5.41, 5.74) is 0.862. The van der Waals surface area contributed by atoms with Crippen molar-refractivity contribution in [3.05, 3.63) is 29.8 Å². The molecule has 3 nitrogen and oxygen atoms in total. The minimum atomic E-state index is -0.401. The molecule has 1 atom stereocenters. The highest BCUT2D eigenvalue weighted by molar-refractivity contribution is 5.33. The van der Waals surface area contributed by atoms with Gasteiger partial charge in [0.15, 0.2) is 0 Å². The molecule has 0 saturated heterocycles. The van der Waals surface area contributed by atoms with Crippen LogP contribution in [0.1, 0.15) is 25.5 Å². The summed E-state index contributed by atoms with van der Waals surface area (Å²) < 4.78 is 5.58. The normalized spacial score (nSPS) is 11.6. The van der Waals surface area contributed by atoms with E-state index in [0.29, 0.717) is 6.54 Å². The second-order valence-electron chi connectivity index (χ2n) is 3.89. The molecule has 17 heavy (non-hydrogen) atoms. The summed E-state index contributed by atoms with van der Waals surface area (Å²) in [5.74, 6) is 3.22. The van der Waals surface area contributed by atoms with Gasteiger partial charge in [-0.2, -0.15) is 5.26 Å². The van der Waals surface area contributed by atoms with Crippen LogP contribution >= 0.6 is 0 Å². The van der Waals surface area contributed by atoms with E-state index in [-0.39, 0.29) is 6.10 Å². The maximum atomic E-state index is 9.06. The number of hydrogen-bond donors (Lipinski definition) is 1. The molecular formula is C14H16N2O. The van der Waals surface area contributed by atoms with Gasteiger partial charge >= 0.3 is 0 Å². The molecule has 1 aromatic rings. The zero-order chi connectivity index (χ0) is 12.7. The average Bonchev–Trinajstić information content (AvgIpc) is 2.30. The van der Waals surface area contributed by atoms with E-state index >= 15 is 0 Å². The molecule has 3 heteroatoms. The molecule has 0 bridgehead atoms. The molecule has 0 aliphatic carbocycles. The standard InChI is InChI=1S/C14H16N2O/c1-4-8-16-14(10-15)12-6-5-7-13(9-12)17-11(2)3/h1,5-7,9,11,14,16H,8H2,2-3H3. The molecule has 88 valence electrons. The van der Waals surface area contributed by atoms with Gasteiger partial charge in [0.05, 0.1) is 18.7 Å². The quantitative estimate of drug-likeness (QED) is 0.786. The number of ether oxygens (including phenoxy) is 1. The maximum Gasteiger partial charge on any atom is 0.122 e. The highest BCUT2D eigenvalue weighted by Crippen LogP contribution is 2.19. The van der Waals surface area contributed by atoms with Crippen molar-refractivity contribution in [2.24, 2.45) is 0 Å². The number of rotatable bonds is 5. The Balaban J connectivity index is 2.82. The van der Waals surface area contributed by atoms with E-state index in [9.17, 15) is 0 Å². The van der Waals surface area contributed by atoms with Gasteiger partial charge in [0.25, 0.3) is 0 Å². The predicted octanol–water partition coefficient (Wildman–Crippen LogP) is 2.26. The second-order valence-corrected chi connectivity index (χ2v) is 3.89. The molecule has 1 unspecified atom stereocenters. The predicted molar refractivity (Wildman–Crippen MR) is 67.4 cm³/mol. The SMILES string of the molecule is C#CCNC(C#N)c1cccc(OC(C)C)c1. The van der Waals surface area contributed by atoms with Crippen LogP contribution in [-0.4, -0.2) is 12.6 Å². The molecule has 0 radical (unpaired) electrons. The Labute approximate surface area is 102 Å². The molecule has 0 aliphatic heterocycles. The smallest absolute Gasteiger partial charge is 0.122 e. The molecule has 0 saturated carbocycles. The molecule has 1 rings (SSSR count). The fourth-order valence-corrected chi connectivity index (χ4v) is 1.44. The van der Waals surface area contributed by atoms with Crippen molar-refractivity contribution in [3.8, 4) is 24.2 Å². The molecule has 1 aromatic carbocycles. The Morgan fingerprint density at radius 3 is 2.82 bits per heavy atom. The van der Waals surface area contributed by atoms with Gasteiger partial charge < -0.3 is 4.74 Å². The van der Waals surface area contributed by atoms with E-state index in [4.69, 9.17) is 16.4 Å². The van der Waals surface area contributed by atoms with Gasteiger partial charge in [0, 0.05) is 0 Å². The Hall–Kier alpha value is -1.97. The van der Waals surface area contributed by atoms with Gasteiger partial charge in [-0.3, -0.25) is 5.32 Å². The van der Waals surface area contributed by atoms with Crippen LogP contribution in [0.2, 0.25) is 0 Å². The third-order valence-electron chi connectivity index (χ3n) is 2.10. The molecule has 1 N–H and O–H groups in total. The van der Waals surface area contributed by atoms with Crippen molar-refractivity contribution in [1.29, 1.82) is 5.26 Å². The largest absolute Gasteiger partial charge is 0.491 e. The summed E-state index contributed by atoms with van der Waals surface area (Å²) in [7, 11) is 0. The summed E-state index contributed by atoms with van der Waals surface area (Å²) in [5, 5.41) is 12.0. The fourth-order valence-electron chi connectivity index (χ4n) is 1.44. The van der Waals surface area contributed by atoms with Crippen LogP contribution in [0.15, 0.2) is 24.3 Å². The lowest BCUT2D eigenvalue weighted by molar-refractivity contribution is 0.242. The van der Waals surface area contributed by atoms with Crippen molar-refractivity contribution >= 4 is 0 Å². The monoisotopic (exact) mass is 228 g/mol. The zero-order valence-electron chi connectivity index (χ0n) is 10.1. The first kappa shape index (κ1) is 13.1. The van der Waals surface area contributed by atoms with Gasteiger partial charge in [-0.1, -0.05) is 18.1 Å². The topological polar surface area (TPSA) is 45.0 Å². The van der Waals surface area contributed by atoms with Crippen LogP contribution in [0.25, 0.3) is 0 Å². The first-order valence-corrected chi connectivity index (χ1v) is 5.50. The zero-order valence-corrected chi connectivity index (χ0v) is 10.1. The Morgan fingerprint density at radius 1 is 1.47 bits per heavy atom. The lowest BCUT2D eigenvalue weighted by Crippen LogP contribution is -2.20. The molecule has 0 spiro atoms. The van der Waals surface area contributed by atoms with Crippen LogP contribution in [0.4, 0.5) is 0 Å². The highest BCUT2D eigenvalue weighted by Gasteiger charge is 2.10. The Morgan fingerprint density at radius 2 is 2.24 bits per heavy atom. The lowest BCUT2D eigenvalue weighted by Gasteiger charge is -2.13. The van der Waals surface area contributed by atoms with E-state index in [1.807, 2.05) is 38.1 Å². The van der Waals surface area contributed by atoms with Crippen molar-refractivity contribution in [3.63, 3.8) is 0 Å². The van der Waals surface area contributed by atoms with E-state index in [2.05, 4.69) is 17.3 Å². The van der Waals surface area contributed by atoms with Crippen molar-refractivity contribution < 1.29 is 4.74 Å². The van der Waals surface area contributed by atoms with Crippen LogP contribution in [0, 0.1) is 23.7 Å². The van der Waals surface area contributed by atoms with Gasteiger partial charge in [0.2, 0.25) is 0 Å². The third-order valence-corrected chi connectivity index (χ3v) is 2.10. The number of terminal acetylenes is 1. The average molecular weight is 228 g/mol. The van der Waals surface area contributed by atoms with Crippen LogP contribution in [-0.2, 0) is 0 Å². The molecule has 0 fully saturated rings. The van der Waals surface area contributed by atoms with Gasteiger partial charge in [-0.15, -0.1) is 6.42 Å². The third kappa shape index (κ3) is 4.18. The van der Waals surface area contributed by atoms with Gasteiger partial charge in [-0.05, 0) is 31.5 Å². The summed E-state index contributed by atoms with van der Waals surface area (Å²) in [4.78, 5) is 0. The van der Waals surface area contributed by atoms with Crippen molar-refractivity contribution in [2.45, 2.75) is 26.0 Å². The Bertz CT molecular complexity index is 440. The van der Waals surface area contributed by atoms with Gasteiger partial charge in [0.1, 0.15) is 11.8 Å². The number of hydrogen-bond acceptors (Lipinski definition) is 3. The summed E-state index contributed by atoms with van der Waals surface area (Å²) in [6.45, 7) is 4.30. The van der Waals surface area contributed by atoms with Gasteiger partial charge in [-0.25, -0.2) is 0 Å². The van der Waals surface area contributed by atoms with Crippen LogP contribution < -0.4 is 10.1 Å². The van der Waals surface area contributed by atoms with E-state index < -0.39 is 6.04 Å². The van der Waals surface area contributed by atoms with Crippen molar-refractivity contribution in [2.75, 3.05) is 6.54 Å². The first-order chi connectivity index (χ1) is 8.17. The second kappa shape index (κ2) is 6.58. The highest BCUT2D eigenvalue weighted by atomic mass is 16.5. The summed E-state index contributed by atoms with van der Waals surface area (Å²) in [6, 6.07) is 9.25. The molecular weight excluding hydrogens is 212 g/mol. The van der Waals surface area contributed by atoms with Crippen LogP contribution in [0.5, 0.6) is 5.75 Å². The number of nitrogens with one attached hydrogen (secondary N) is 1. The number of nitriles is 1. The molecule has 0 aromatic heterocycles. The molecule has 0 amide bonds. The molecule has 0 heterocycles. The van der Waals surface area contributed by atoms with Crippen molar-refractivity contribution in [1.82, 2.24) is 5.32 Å². The number of benzene rings is 1. The summed E-state index contributed by atoms with van der Waals surface area (Å²) in [6.07, 6.45) is 5.27. The minimum Gasteiger partial charge on any atom is -0.491 e.